The number of carbonyl (C=O) groups excluding carboxylic acids is 1. The first-order valence-electron chi connectivity index (χ1n) is 8.22. The van der Waals surface area contributed by atoms with E-state index in [4.69, 9.17) is 0 Å². The minimum absolute atomic E-state index is 0.0746. The topological polar surface area (TPSA) is 76.9 Å². The average Bonchev–Trinajstić information content (AvgIpc) is 2.57. The largest absolute Gasteiger partial charge is 0.311 e. The summed E-state index contributed by atoms with van der Waals surface area (Å²) in [5, 5.41) is 3.37. The Bertz CT molecular complexity index is 979. The number of fused-ring (bicyclic) bond motifs is 1. The Hall–Kier alpha value is -3.02. The van der Waals surface area contributed by atoms with Crippen LogP contribution in [0.1, 0.15) is 24.0 Å². The van der Waals surface area contributed by atoms with Crippen molar-refractivity contribution >= 4 is 22.6 Å². The second-order valence-corrected chi connectivity index (χ2v) is 6.08. The third-order valence-electron chi connectivity index (χ3n) is 4.04. The van der Waals surface area contributed by atoms with Gasteiger partial charge >= 0.3 is 0 Å². The number of pyridine rings is 1. The standard InChI is InChI=1S/C19H20N4O2/c1-13-8-9-20-16(11-13)22-17(24)7-4-10-23-12-21-18-14(2)5-3-6-15(18)19(23)25/h3,5-6,8-9,11-12H,4,7,10H2,1-2H3,(H,20,22,24). The maximum Gasteiger partial charge on any atom is 0.261 e. The van der Waals surface area contributed by atoms with Gasteiger partial charge in [-0.1, -0.05) is 12.1 Å². The summed E-state index contributed by atoms with van der Waals surface area (Å²) in [5.41, 5.74) is 2.67. The van der Waals surface area contributed by atoms with E-state index in [1.54, 1.807) is 23.2 Å². The minimum atomic E-state index is -0.115. The van der Waals surface area contributed by atoms with Gasteiger partial charge in [-0.2, -0.15) is 0 Å². The number of nitrogens with zero attached hydrogens (tertiary/aromatic N) is 3. The van der Waals surface area contributed by atoms with Crippen molar-refractivity contribution in [1.82, 2.24) is 14.5 Å². The number of benzene rings is 1. The maximum atomic E-state index is 12.5. The number of hydrogen-bond donors (Lipinski definition) is 1. The normalized spacial score (nSPS) is 10.8. The van der Waals surface area contributed by atoms with Crippen LogP contribution in [0.15, 0.2) is 47.7 Å². The van der Waals surface area contributed by atoms with Gasteiger partial charge in [-0.3, -0.25) is 14.2 Å². The van der Waals surface area contributed by atoms with Crippen molar-refractivity contribution in [3.63, 3.8) is 0 Å². The number of para-hydroxylation sites is 1. The summed E-state index contributed by atoms with van der Waals surface area (Å²) >= 11 is 0. The van der Waals surface area contributed by atoms with Crippen molar-refractivity contribution in [2.45, 2.75) is 33.2 Å². The van der Waals surface area contributed by atoms with Crippen molar-refractivity contribution in [3.8, 4) is 0 Å². The Kier molecular flexibility index (Phi) is 4.88. The highest BCUT2D eigenvalue weighted by Crippen LogP contribution is 2.11. The molecule has 0 saturated heterocycles. The Morgan fingerprint density at radius 3 is 2.84 bits per heavy atom. The summed E-state index contributed by atoms with van der Waals surface area (Å²) in [6, 6.07) is 9.26. The molecule has 0 aliphatic carbocycles. The van der Waals surface area contributed by atoms with Crippen LogP contribution >= 0.6 is 0 Å². The van der Waals surface area contributed by atoms with Crippen LogP contribution in [-0.2, 0) is 11.3 Å². The quantitative estimate of drug-likeness (QED) is 0.777. The molecule has 0 spiro atoms. The van der Waals surface area contributed by atoms with Gasteiger partial charge in [-0.25, -0.2) is 9.97 Å². The van der Waals surface area contributed by atoms with Gasteiger partial charge in [-0.05, 0) is 49.6 Å². The van der Waals surface area contributed by atoms with Gasteiger partial charge in [0.15, 0.2) is 0 Å². The Labute approximate surface area is 145 Å². The van der Waals surface area contributed by atoms with Crippen LogP contribution in [-0.4, -0.2) is 20.4 Å². The molecule has 2 aromatic heterocycles. The molecule has 6 heteroatoms. The first kappa shape index (κ1) is 16.8. The monoisotopic (exact) mass is 336 g/mol. The van der Waals surface area contributed by atoms with E-state index in [2.05, 4.69) is 15.3 Å². The van der Waals surface area contributed by atoms with Crippen LogP contribution in [0.3, 0.4) is 0 Å². The van der Waals surface area contributed by atoms with Crippen molar-refractivity contribution in [3.05, 3.63) is 64.3 Å². The van der Waals surface area contributed by atoms with Gasteiger partial charge in [0.2, 0.25) is 5.91 Å². The predicted molar refractivity (Wildman–Crippen MR) is 97.6 cm³/mol. The molecule has 25 heavy (non-hydrogen) atoms. The summed E-state index contributed by atoms with van der Waals surface area (Å²) in [6.07, 6.45) is 4.08. The smallest absolute Gasteiger partial charge is 0.261 e. The number of aryl methyl sites for hydroxylation is 3. The molecule has 0 radical (unpaired) electrons. The molecule has 1 aromatic carbocycles. The molecule has 0 saturated carbocycles. The van der Waals surface area contributed by atoms with Crippen molar-refractivity contribution in [1.29, 1.82) is 0 Å². The zero-order chi connectivity index (χ0) is 17.8. The van der Waals surface area contributed by atoms with E-state index in [0.717, 1.165) is 16.6 Å². The maximum absolute atomic E-state index is 12.5. The molecule has 2 heterocycles. The lowest BCUT2D eigenvalue weighted by Crippen LogP contribution is -2.22. The van der Waals surface area contributed by atoms with E-state index in [1.807, 2.05) is 38.1 Å². The van der Waals surface area contributed by atoms with Gasteiger partial charge < -0.3 is 5.32 Å². The molecule has 128 valence electrons. The number of nitrogens with one attached hydrogen (secondary N) is 1. The fourth-order valence-corrected chi connectivity index (χ4v) is 2.72. The summed E-state index contributed by atoms with van der Waals surface area (Å²) < 4.78 is 1.56. The minimum Gasteiger partial charge on any atom is -0.311 e. The highest BCUT2D eigenvalue weighted by atomic mass is 16.1. The average molecular weight is 336 g/mol. The molecular weight excluding hydrogens is 316 g/mol. The van der Waals surface area contributed by atoms with E-state index in [-0.39, 0.29) is 11.5 Å². The van der Waals surface area contributed by atoms with Crippen LogP contribution < -0.4 is 10.9 Å². The second-order valence-electron chi connectivity index (χ2n) is 6.08. The van der Waals surface area contributed by atoms with E-state index in [0.29, 0.717) is 30.6 Å². The number of aromatic nitrogens is 3. The van der Waals surface area contributed by atoms with Gasteiger partial charge in [0.25, 0.3) is 5.56 Å². The molecule has 1 amide bonds. The van der Waals surface area contributed by atoms with E-state index in [1.165, 1.54) is 0 Å². The predicted octanol–water partition coefficient (Wildman–Crippen LogP) is 2.83. The first-order chi connectivity index (χ1) is 12.0. The molecule has 0 fully saturated rings. The number of hydrogen-bond acceptors (Lipinski definition) is 4. The Balaban J connectivity index is 1.62. The van der Waals surface area contributed by atoms with Gasteiger partial charge in [-0.15, -0.1) is 0 Å². The fraction of sp³-hybridized carbons (Fsp3) is 0.263. The summed E-state index contributed by atoms with van der Waals surface area (Å²) in [5.74, 6) is 0.431. The van der Waals surface area contributed by atoms with Gasteiger partial charge in [0.1, 0.15) is 5.82 Å². The molecular formula is C19H20N4O2. The number of rotatable bonds is 5. The lowest BCUT2D eigenvalue weighted by molar-refractivity contribution is -0.116. The molecule has 1 N–H and O–H groups in total. The third-order valence-corrected chi connectivity index (χ3v) is 4.04. The number of anilines is 1. The zero-order valence-corrected chi connectivity index (χ0v) is 14.3. The fourth-order valence-electron chi connectivity index (χ4n) is 2.72. The van der Waals surface area contributed by atoms with E-state index in [9.17, 15) is 9.59 Å². The molecule has 0 aliphatic rings. The summed E-state index contributed by atoms with van der Waals surface area (Å²) in [6.45, 7) is 4.32. The number of carbonyl (C=O) groups is 1. The molecule has 3 rings (SSSR count). The van der Waals surface area contributed by atoms with Gasteiger partial charge in [0, 0.05) is 19.2 Å². The van der Waals surface area contributed by atoms with Crippen molar-refractivity contribution in [2.24, 2.45) is 0 Å². The van der Waals surface area contributed by atoms with Crippen LogP contribution in [0.5, 0.6) is 0 Å². The van der Waals surface area contributed by atoms with Crippen LogP contribution in [0, 0.1) is 13.8 Å². The van der Waals surface area contributed by atoms with Crippen LogP contribution in [0.2, 0.25) is 0 Å². The molecule has 6 nitrogen and oxygen atoms in total. The second kappa shape index (κ2) is 7.25. The molecule has 3 aromatic rings. The molecule has 0 aliphatic heterocycles. The lowest BCUT2D eigenvalue weighted by atomic mass is 10.1. The van der Waals surface area contributed by atoms with Crippen molar-refractivity contribution < 1.29 is 4.79 Å². The number of amides is 1. The lowest BCUT2D eigenvalue weighted by Gasteiger charge is -2.08. The molecule has 0 bridgehead atoms. The Morgan fingerprint density at radius 2 is 2.04 bits per heavy atom. The summed E-state index contributed by atoms with van der Waals surface area (Å²) in [4.78, 5) is 33.0. The summed E-state index contributed by atoms with van der Waals surface area (Å²) in [7, 11) is 0. The van der Waals surface area contributed by atoms with E-state index < -0.39 is 0 Å². The third kappa shape index (κ3) is 3.91. The zero-order valence-electron chi connectivity index (χ0n) is 14.3. The molecule has 0 atom stereocenters. The SMILES string of the molecule is Cc1ccnc(NC(=O)CCCn2cnc3c(C)cccc3c2=O)c1. The van der Waals surface area contributed by atoms with E-state index >= 15 is 0 Å². The van der Waals surface area contributed by atoms with Crippen LogP contribution in [0.25, 0.3) is 10.9 Å². The molecule has 0 unspecified atom stereocenters. The highest BCUT2D eigenvalue weighted by molar-refractivity contribution is 5.89. The Morgan fingerprint density at radius 1 is 1.20 bits per heavy atom. The van der Waals surface area contributed by atoms with Crippen LogP contribution in [0.4, 0.5) is 5.82 Å². The van der Waals surface area contributed by atoms with Gasteiger partial charge in [0.05, 0.1) is 17.2 Å². The van der Waals surface area contributed by atoms with Crippen molar-refractivity contribution in [2.75, 3.05) is 5.32 Å². The first-order valence-corrected chi connectivity index (χ1v) is 8.22. The highest BCUT2D eigenvalue weighted by Gasteiger charge is 2.07.